The lowest BCUT2D eigenvalue weighted by Gasteiger charge is -2.67. The lowest BCUT2D eigenvalue weighted by atomic mass is 9.44. The number of fused-ring (bicyclic) bond motifs is 6. The number of ketones is 1. The van der Waals surface area contributed by atoms with Crippen molar-refractivity contribution in [3.8, 4) is 0 Å². The van der Waals surface area contributed by atoms with Gasteiger partial charge in [0.1, 0.15) is 29.7 Å². The summed E-state index contributed by atoms with van der Waals surface area (Å²) in [6.07, 6.45) is -9.87. The second-order valence-electron chi connectivity index (χ2n) is 26.8. The Hall–Kier alpha value is -9.10. The van der Waals surface area contributed by atoms with E-state index in [0.29, 0.717) is 58.9 Å². The quantitative estimate of drug-likeness (QED) is 0.0288. The fourth-order valence-electron chi connectivity index (χ4n) is 14.7. The lowest BCUT2D eigenvalue weighted by Crippen LogP contribution is -2.82. The second kappa shape index (κ2) is 29.2. The number of rotatable bonds is 19. The maximum atomic E-state index is 15.5. The molecular weight excluding hydrogens is 1270 g/mol. The van der Waals surface area contributed by atoms with E-state index in [9.17, 15) is 48.9 Å². The number of nitrogens with one attached hydrogen (secondary N) is 1. The van der Waals surface area contributed by atoms with E-state index < -0.39 is 119 Å². The highest BCUT2D eigenvalue weighted by Crippen LogP contribution is 2.64. The van der Waals surface area contributed by atoms with Crippen molar-refractivity contribution in [2.75, 3.05) is 19.7 Å². The van der Waals surface area contributed by atoms with Crippen LogP contribution in [0.2, 0.25) is 0 Å². The van der Waals surface area contributed by atoms with E-state index >= 15 is 4.79 Å². The van der Waals surface area contributed by atoms with Gasteiger partial charge in [0.2, 0.25) is 0 Å². The monoisotopic (exact) mass is 1360 g/mol. The first-order valence-corrected chi connectivity index (χ1v) is 33.5. The number of carbonyl (C=O) groups is 7. The zero-order valence-corrected chi connectivity index (χ0v) is 57.3. The van der Waals surface area contributed by atoms with E-state index in [4.69, 9.17) is 34.4 Å². The van der Waals surface area contributed by atoms with Crippen LogP contribution in [0.25, 0.3) is 10.2 Å². The first-order chi connectivity index (χ1) is 46.6. The van der Waals surface area contributed by atoms with Crippen LogP contribution in [0, 0.1) is 36.5 Å². The number of aliphatic hydroxyl groups excluding tert-OH is 2. The van der Waals surface area contributed by atoms with Crippen molar-refractivity contribution in [3.63, 3.8) is 0 Å². The molecule has 516 valence electrons. The summed E-state index contributed by atoms with van der Waals surface area (Å²) in [5.41, 5.74) is 2.08. The molecule has 3 heterocycles. The Bertz CT molecular complexity index is 4210. The van der Waals surface area contributed by atoms with E-state index in [1.54, 1.807) is 97.3 Å². The molecule has 3 aliphatic carbocycles. The Labute approximate surface area is 572 Å². The number of benzene rings is 5. The zero-order chi connectivity index (χ0) is 70.8. The highest BCUT2D eigenvalue weighted by Gasteiger charge is 2.78. The van der Waals surface area contributed by atoms with E-state index in [-0.39, 0.29) is 52.7 Å². The predicted molar refractivity (Wildman–Crippen MR) is 363 cm³/mol. The highest BCUT2D eigenvalue weighted by atomic mass is 32.1. The second-order valence-corrected chi connectivity index (χ2v) is 27.6. The van der Waals surface area contributed by atoms with E-state index in [0.717, 1.165) is 25.0 Å². The number of esters is 4. The van der Waals surface area contributed by atoms with Gasteiger partial charge in [-0.3, -0.25) is 33.3 Å². The Morgan fingerprint density at radius 3 is 1.97 bits per heavy atom. The molecule has 2 bridgehead atoms. The van der Waals surface area contributed by atoms with Gasteiger partial charge in [0.05, 0.1) is 59.3 Å². The summed E-state index contributed by atoms with van der Waals surface area (Å²) in [5.74, 6) is -6.36. The maximum absolute atomic E-state index is 15.5. The molecule has 7 aromatic rings. The summed E-state index contributed by atoms with van der Waals surface area (Å²) in [6, 6.07) is 39.9. The molecule has 2 amide bonds. The molecule has 0 radical (unpaired) electrons. The van der Waals surface area contributed by atoms with Crippen LogP contribution in [0.3, 0.4) is 0 Å². The molecule has 0 spiro atoms. The number of Topliss-reactive ketones (excluding diaryl/α,β-unsaturated/α-hetero) is 1. The van der Waals surface area contributed by atoms with E-state index in [2.05, 4.69) is 23.5 Å². The standard InChI is InChI=1S/C47H51NO14.C28H33N5O2S/c1-25-31(60-43(56)36(52)35(28-16-10-7-11-17-28)48-41(54)29-18-12-8-13-19-29)23-47(57)40(61-42(55)30-20-14-9-15-21-30)38-45(6,32(51)22-33-46(38,24-58-33)62-27(3)50)39(53)37(59-26(2)49)34(25)44(47,4)5;1-18(2)24(32(16-8-15-29)27(34)22-13-11-19(3)12-14-22)25-30-26-23(20(4)31-36-26)28(35)33(25)17-21-9-6-5-7-10-21/h7-21,31-33,35-38,40,51-52,57H,22-24H2,1-6H3,(H,48,54);5-7,9-14,18,24H,8,15-17,29H2,1-4H3/t31-,32-,33+,35-,36+,37+,38-,40-,45+,46-,47+;/m0./s1. The summed E-state index contributed by atoms with van der Waals surface area (Å²) in [5, 5.41) is 40.8. The molecule has 1 unspecified atom stereocenters. The molecule has 98 heavy (non-hydrogen) atoms. The number of carbonyl (C=O) groups excluding carboxylic acids is 7. The molecule has 22 nitrogen and oxygen atoms in total. The Morgan fingerprint density at radius 2 is 1.40 bits per heavy atom. The molecule has 23 heteroatoms. The molecule has 1 aliphatic heterocycles. The van der Waals surface area contributed by atoms with Crippen molar-refractivity contribution < 1.29 is 72.6 Å². The van der Waals surface area contributed by atoms with E-state index in [1.165, 1.54) is 37.5 Å². The van der Waals surface area contributed by atoms with Crippen molar-refractivity contribution in [3.05, 3.63) is 212 Å². The number of aryl methyl sites for hydroxylation is 2. The van der Waals surface area contributed by atoms with Gasteiger partial charge in [-0.1, -0.05) is 142 Å². The molecule has 2 saturated carbocycles. The van der Waals surface area contributed by atoms with Crippen molar-refractivity contribution in [2.24, 2.45) is 28.4 Å². The minimum Gasteiger partial charge on any atom is -0.456 e. The summed E-state index contributed by atoms with van der Waals surface area (Å²) in [7, 11) is 0. The normalized spacial score (nSPS) is 24.7. The molecular formula is C75H84N6O16S. The minimum atomic E-state index is -2.39. The molecule has 1 saturated heterocycles. The molecule has 5 aromatic carbocycles. The Morgan fingerprint density at radius 1 is 0.796 bits per heavy atom. The summed E-state index contributed by atoms with van der Waals surface area (Å²) >= 11 is 1.22. The fraction of sp³-hybridized carbons (Fsp3) is 0.413. The van der Waals surface area contributed by atoms with Crippen molar-refractivity contribution in [1.29, 1.82) is 0 Å². The van der Waals surface area contributed by atoms with Crippen molar-refractivity contribution >= 4 is 63.2 Å². The van der Waals surface area contributed by atoms with Gasteiger partial charge in [-0.05, 0) is 117 Å². The number of ether oxygens (including phenoxy) is 5. The Balaban J connectivity index is 0.000000245. The van der Waals surface area contributed by atoms with E-state index in [1.807, 2.05) is 73.3 Å². The molecule has 3 fully saturated rings. The topological polar surface area (TPSA) is 315 Å². The largest absolute Gasteiger partial charge is 0.456 e. The van der Waals surface area contributed by atoms with Gasteiger partial charge in [-0.25, -0.2) is 14.6 Å². The highest BCUT2D eigenvalue weighted by molar-refractivity contribution is 7.12. The number of nitrogens with two attached hydrogens (primary N) is 1. The first-order valence-electron chi connectivity index (χ1n) is 32.8. The number of aromatic nitrogens is 3. The average Bonchev–Trinajstić information content (AvgIpc) is 0.730. The first kappa shape index (κ1) is 71.7. The van der Waals surface area contributed by atoms with Crippen molar-refractivity contribution in [2.45, 2.75) is 155 Å². The number of hydrogen-bond donors (Lipinski definition) is 5. The summed E-state index contributed by atoms with van der Waals surface area (Å²) in [4.78, 5) is 119. The van der Waals surface area contributed by atoms with Gasteiger partial charge < -0.3 is 55.0 Å². The molecule has 4 aliphatic rings. The van der Waals surface area contributed by atoms with Gasteiger partial charge in [0, 0.05) is 49.8 Å². The summed E-state index contributed by atoms with van der Waals surface area (Å²) < 4.78 is 36.4. The number of nitrogens with zero attached hydrogens (tertiary/aromatic N) is 4. The zero-order valence-electron chi connectivity index (χ0n) is 56.5. The fourth-order valence-corrected chi connectivity index (χ4v) is 15.5. The van der Waals surface area contributed by atoms with Crippen molar-refractivity contribution in [1.82, 2.24) is 24.1 Å². The van der Waals surface area contributed by atoms with Crippen LogP contribution in [0.1, 0.15) is 146 Å². The van der Waals surface area contributed by atoms with Gasteiger partial charge in [-0.2, -0.15) is 4.37 Å². The smallest absolute Gasteiger partial charge is 0.338 e. The third-order valence-corrected chi connectivity index (χ3v) is 20.7. The number of aliphatic hydroxyl groups is 3. The van der Waals surface area contributed by atoms with Crippen LogP contribution in [0.15, 0.2) is 162 Å². The van der Waals surface area contributed by atoms with Crippen LogP contribution in [0.5, 0.6) is 0 Å². The average molecular weight is 1360 g/mol. The summed E-state index contributed by atoms with van der Waals surface area (Å²) in [6.45, 7) is 17.2. The number of hydrogen-bond acceptors (Lipinski definition) is 20. The molecule has 12 atom stereocenters. The third kappa shape index (κ3) is 13.6. The minimum absolute atomic E-state index is 0.00226. The molecule has 6 N–H and O–H groups in total. The molecule has 11 rings (SSSR count). The van der Waals surface area contributed by atoms with Gasteiger partial charge in [0.15, 0.2) is 28.4 Å². The Kier molecular flexibility index (Phi) is 21.3. The van der Waals surface area contributed by atoms with Gasteiger partial charge >= 0.3 is 23.9 Å². The lowest BCUT2D eigenvalue weighted by molar-refractivity contribution is -0.346. The third-order valence-electron chi connectivity index (χ3n) is 19.9. The van der Waals surface area contributed by atoms with Crippen LogP contribution in [0.4, 0.5) is 0 Å². The number of amides is 2. The SMILES string of the molecule is CC(=O)O[C@H]1C(=O)[C@@]2(C)[C@H]([C@H](OC(=O)c3ccccc3)[C@]3(O)C[C@H](OC(=O)[C@H](O)[C@@H](NC(=O)c4ccccc4)c4ccccc4)C(C)=C1C3(C)C)[C@]1(OC(C)=O)CO[C@@H]1C[C@@H]2O.Cc1ccc(C(=O)N(CCCN)C(c2nc3snc(C)c3c(=O)n2Cc2ccccc2)C(C)C)cc1. The maximum Gasteiger partial charge on any atom is 0.338 e. The van der Waals surface area contributed by atoms with Crippen LogP contribution in [-0.2, 0) is 49.4 Å². The van der Waals surface area contributed by atoms with Crippen LogP contribution in [-0.4, -0.2) is 143 Å². The van der Waals surface area contributed by atoms with Crippen LogP contribution < -0.4 is 16.6 Å². The van der Waals surface area contributed by atoms with Gasteiger partial charge in [0.25, 0.3) is 17.4 Å². The van der Waals surface area contributed by atoms with Gasteiger partial charge in [-0.15, -0.1) is 0 Å². The molecule has 2 aromatic heterocycles. The predicted octanol–water partition coefficient (Wildman–Crippen LogP) is 8.44. The van der Waals surface area contributed by atoms with Crippen LogP contribution >= 0.6 is 11.5 Å².